The van der Waals surface area contributed by atoms with Gasteiger partial charge in [0.2, 0.25) is 0 Å². The fraction of sp³-hybridized carbons (Fsp3) is 0.500. The highest BCUT2D eigenvalue weighted by molar-refractivity contribution is 5.94. The summed E-state index contributed by atoms with van der Waals surface area (Å²) in [5.74, 6) is -3.81. The molecule has 3 rings (SSSR count). The molecule has 2 aliphatic rings. The van der Waals surface area contributed by atoms with Gasteiger partial charge in [-0.3, -0.25) is 4.79 Å². The van der Waals surface area contributed by atoms with Crippen LogP contribution in [0.25, 0.3) is 0 Å². The van der Waals surface area contributed by atoms with Crippen LogP contribution in [-0.2, 0) is 0 Å². The summed E-state index contributed by atoms with van der Waals surface area (Å²) in [6.45, 7) is 1.20. The van der Waals surface area contributed by atoms with Gasteiger partial charge in [0, 0.05) is 13.1 Å². The number of halogens is 3. The number of carbonyl (C=O) groups is 1. The van der Waals surface area contributed by atoms with Gasteiger partial charge in [0.1, 0.15) is 0 Å². The van der Waals surface area contributed by atoms with Crippen molar-refractivity contribution in [3.8, 4) is 0 Å². The first kappa shape index (κ1) is 12.5. The van der Waals surface area contributed by atoms with E-state index in [4.69, 9.17) is 0 Å². The number of carbonyl (C=O) groups excluding carboxylic acids is 1. The molecular formula is C14H14F3NO. The van der Waals surface area contributed by atoms with E-state index in [-0.39, 0.29) is 5.56 Å². The monoisotopic (exact) mass is 269 g/mol. The van der Waals surface area contributed by atoms with Gasteiger partial charge in [-0.05, 0) is 36.8 Å². The summed E-state index contributed by atoms with van der Waals surface area (Å²) in [6.07, 6.45) is 3.36. The second-order valence-corrected chi connectivity index (χ2v) is 5.38. The molecule has 1 heterocycles. The zero-order chi connectivity index (χ0) is 13.6. The van der Waals surface area contributed by atoms with Crippen molar-refractivity contribution in [3.63, 3.8) is 0 Å². The van der Waals surface area contributed by atoms with Gasteiger partial charge >= 0.3 is 0 Å². The summed E-state index contributed by atoms with van der Waals surface area (Å²) >= 11 is 0. The van der Waals surface area contributed by atoms with E-state index in [1.54, 1.807) is 4.90 Å². The Bertz CT molecular complexity index is 520. The summed E-state index contributed by atoms with van der Waals surface area (Å²) < 4.78 is 39.6. The SMILES string of the molecule is O=C(c1ccc(F)c(F)c1F)N1CC2CCCC2C1. The van der Waals surface area contributed by atoms with E-state index in [9.17, 15) is 18.0 Å². The van der Waals surface area contributed by atoms with Crippen molar-refractivity contribution in [1.82, 2.24) is 4.90 Å². The lowest BCUT2D eigenvalue weighted by Gasteiger charge is -2.17. The number of hydrogen-bond donors (Lipinski definition) is 0. The third-order valence-electron chi connectivity index (χ3n) is 4.28. The highest BCUT2D eigenvalue weighted by Gasteiger charge is 2.39. The van der Waals surface area contributed by atoms with Crippen molar-refractivity contribution in [1.29, 1.82) is 0 Å². The molecule has 1 saturated carbocycles. The second-order valence-electron chi connectivity index (χ2n) is 5.38. The zero-order valence-electron chi connectivity index (χ0n) is 10.3. The van der Waals surface area contributed by atoms with Gasteiger partial charge in [0.15, 0.2) is 17.5 Å². The molecule has 1 aliphatic heterocycles. The topological polar surface area (TPSA) is 20.3 Å². The van der Waals surface area contributed by atoms with Crippen molar-refractivity contribution < 1.29 is 18.0 Å². The van der Waals surface area contributed by atoms with E-state index < -0.39 is 23.4 Å². The number of nitrogens with zero attached hydrogens (tertiary/aromatic N) is 1. The molecule has 1 amide bonds. The maximum absolute atomic E-state index is 13.6. The normalized spacial score (nSPS) is 25.7. The number of benzene rings is 1. The molecule has 5 heteroatoms. The summed E-state index contributed by atoms with van der Waals surface area (Å²) in [4.78, 5) is 13.7. The largest absolute Gasteiger partial charge is 0.338 e. The van der Waals surface area contributed by atoms with Crippen molar-refractivity contribution in [2.75, 3.05) is 13.1 Å². The van der Waals surface area contributed by atoms with Crippen LogP contribution in [0.1, 0.15) is 29.6 Å². The minimum atomic E-state index is -1.58. The van der Waals surface area contributed by atoms with E-state index in [1.165, 1.54) is 6.42 Å². The first-order valence-electron chi connectivity index (χ1n) is 6.50. The Kier molecular flexibility index (Phi) is 2.99. The van der Waals surface area contributed by atoms with Crippen LogP contribution < -0.4 is 0 Å². The highest BCUT2D eigenvalue weighted by atomic mass is 19.2. The molecule has 0 spiro atoms. The molecule has 1 aromatic carbocycles. The fourth-order valence-electron chi connectivity index (χ4n) is 3.26. The van der Waals surface area contributed by atoms with E-state index in [2.05, 4.69) is 0 Å². The standard InChI is InChI=1S/C14H14F3NO/c15-11-5-4-10(12(16)13(11)17)14(19)18-6-8-2-1-3-9(8)7-18/h4-5,8-9H,1-3,6-7H2. The van der Waals surface area contributed by atoms with Crippen LogP contribution in [0, 0.1) is 29.3 Å². The molecule has 2 nitrogen and oxygen atoms in total. The smallest absolute Gasteiger partial charge is 0.256 e. The second kappa shape index (κ2) is 4.54. The van der Waals surface area contributed by atoms with Crippen molar-refractivity contribution in [2.24, 2.45) is 11.8 Å². The Labute approximate surface area is 109 Å². The number of hydrogen-bond acceptors (Lipinski definition) is 1. The lowest BCUT2D eigenvalue weighted by molar-refractivity contribution is 0.0774. The molecule has 2 unspecified atom stereocenters. The lowest BCUT2D eigenvalue weighted by Crippen LogP contribution is -2.30. The molecule has 2 fully saturated rings. The van der Waals surface area contributed by atoms with Crippen molar-refractivity contribution in [2.45, 2.75) is 19.3 Å². The Morgan fingerprint density at radius 2 is 1.68 bits per heavy atom. The van der Waals surface area contributed by atoms with Gasteiger partial charge in [-0.25, -0.2) is 13.2 Å². The van der Waals surface area contributed by atoms with E-state index in [0.717, 1.165) is 25.0 Å². The Morgan fingerprint density at radius 3 is 2.32 bits per heavy atom. The van der Waals surface area contributed by atoms with Gasteiger partial charge in [0.25, 0.3) is 5.91 Å². The predicted molar refractivity (Wildman–Crippen MR) is 63.1 cm³/mol. The molecule has 0 bridgehead atoms. The van der Waals surface area contributed by atoms with Crippen LogP contribution in [0.4, 0.5) is 13.2 Å². The molecule has 2 atom stereocenters. The molecular weight excluding hydrogens is 255 g/mol. The Morgan fingerprint density at radius 1 is 1.05 bits per heavy atom. The summed E-state index contributed by atoms with van der Waals surface area (Å²) in [7, 11) is 0. The molecule has 0 N–H and O–H groups in total. The summed E-state index contributed by atoms with van der Waals surface area (Å²) in [6, 6.07) is 1.81. The lowest BCUT2D eigenvalue weighted by atomic mass is 10.0. The Hall–Kier alpha value is -1.52. The molecule has 19 heavy (non-hydrogen) atoms. The average Bonchev–Trinajstić information content (AvgIpc) is 2.96. The van der Waals surface area contributed by atoms with Crippen molar-refractivity contribution in [3.05, 3.63) is 35.1 Å². The maximum Gasteiger partial charge on any atom is 0.256 e. The summed E-state index contributed by atoms with van der Waals surface area (Å²) in [5, 5.41) is 0. The number of likely N-dealkylation sites (tertiary alicyclic amines) is 1. The average molecular weight is 269 g/mol. The van der Waals surface area contributed by atoms with E-state index in [0.29, 0.717) is 24.9 Å². The molecule has 102 valence electrons. The van der Waals surface area contributed by atoms with Crippen LogP contribution in [0.15, 0.2) is 12.1 Å². The van der Waals surface area contributed by atoms with Crippen molar-refractivity contribution >= 4 is 5.91 Å². The van der Waals surface area contributed by atoms with Gasteiger partial charge in [0.05, 0.1) is 5.56 Å². The number of amides is 1. The van der Waals surface area contributed by atoms with Gasteiger partial charge in [-0.1, -0.05) is 6.42 Å². The van der Waals surface area contributed by atoms with Gasteiger partial charge in [-0.15, -0.1) is 0 Å². The van der Waals surface area contributed by atoms with E-state index in [1.807, 2.05) is 0 Å². The van der Waals surface area contributed by atoms with Crippen LogP contribution in [0.3, 0.4) is 0 Å². The van der Waals surface area contributed by atoms with E-state index >= 15 is 0 Å². The minimum Gasteiger partial charge on any atom is -0.338 e. The Balaban J connectivity index is 1.83. The number of rotatable bonds is 1. The minimum absolute atomic E-state index is 0.376. The van der Waals surface area contributed by atoms with Crippen LogP contribution in [-0.4, -0.2) is 23.9 Å². The molecule has 0 aromatic heterocycles. The molecule has 0 radical (unpaired) electrons. The fourth-order valence-corrected chi connectivity index (χ4v) is 3.26. The predicted octanol–water partition coefficient (Wildman–Crippen LogP) is 2.98. The quantitative estimate of drug-likeness (QED) is 0.718. The maximum atomic E-state index is 13.6. The van der Waals surface area contributed by atoms with Crippen LogP contribution >= 0.6 is 0 Å². The van der Waals surface area contributed by atoms with Crippen LogP contribution in [0.2, 0.25) is 0 Å². The highest BCUT2D eigenvalue weighted by Crippen LogP contribution is 2.38. The third kappa shape index (κ3) is 2.01. The van der Waals surface area contributed by atoms with Crippen LogP contribution in [0.5, 0.6) is 0 Å². The first-order valence-corrected chi connectivity index (χ1v) is 6.50. The molecule has 1 saturated heterocycles. The van der Waals surface area contributed by atoms with Gasteiger partial charge in [-0.2, -0.15) is 0 Å². The van der Waals surface area contributed by atoms with Gasteiger partial charge < -0.3 is 4.90 Å². The zero-order valence-corrected chi connectivity index (χ0v) is 10.3. The summed E-state index contributed by atoms with van der Waals surface area (Å²) in [5.41, 5.74) is -0.376. The molecule has 1 aromatic rings. The third-order valence-corrected chi connectivity index (χ3v) is 4.28. The first-order chi connectivity index (χ1) is 9.08. The molecule has 1 aliphatic carbocycles. The number of fused-ring (bicyclic) bond motifs is 1.